The van der Waals surface area contributed by atoms with Crippen LogP contribution in [0.25, 0.3) is 11.0 Å². The summed E-state index contributed by atoms with van der Waals surface area (Å²) >= 11 is 0. The number of amides is 1. The normalized spacial score (nSPS) is 11.2. The van der Waals surface area contributed by atoms with Crippen LogP contribution in [-0.4, -0.2) is 22.0 Å². The summed E-state index contributed by atoms with van der Waals surface area (Å²) in [6, 6.07) is 16.1. The van der Waals surface area contributed by atoms with E-state index in [1.807, 2.05) is 37.3 Å². The number of aromatic nitrogens is 2. The zero-order valence-corrected chi connectivity index (χ0v) is 20.6. The quantitative estimate of drug-likeness (QED) is 0.250. The van der Waals surface area contributed by atoms with Gasteiger partial charge in [0.2, 0.25) is 0 Å². The summed E-state index contributed by atoms with van der Waals surface area (Å²) < 4.78 is 2.36. The van der Waals surface area contributed by atoms with Crippen LogP contribution < -0.4 is 5.32 Å². The maximum absolute atomic E-state index is 12.5. The number of carbonyl (C=O) groups excluding carboxylic acids is 1. The molecular formula is C29H41N3O. The van der Waals surface area contributed by atoms with E-state index in [1.165, 1.54) is 69.7 Å². The maximum atomic E-state index is 12.5. The van der Waals surface area contributed by atoms with E-state index >= 15 is 0 Å². The Hall–Kier alpha value is -2.62. The predicted octanol–water partition coefficient (Wildman–Crippen LogP) is 7.24. The lowest BCUT2D eigenvalue weighted by molar-refractivity contribution is 0.0954. The number of benzene rings is 2. The van der Waals surface area contributed by atoms with Crippen molar-refractivity contribution in [3.8, 4) is 0 Å². The first-order valence-electron chi connectivity index (χ1n) is 13.0. The Morgan fingerprint density at radius 3 is 2.30 bits per heavy atom. The van der Waals surface area contributed by atoms with Crippen molar-refractivity contribution in [3.63, 3.8) is 0 Å². The molecule has 2 aromatic carbocycles. The second kappa shape index (κ2) is 13.8. The fourth-order valence-corrected chi connectivity index (χ4v) is 4.50. The summed E-state index contributed by atoms with van der Waals surface area (Å²) in [6.45, 7) is 5.87. The smallest absolute Gasteiger partial charge is 0.251 e. The molecule has 0 fully saturated rings. The minimum absolute atomic E-state index is 0.0175. The van der Waals surface area contributed by atoms with Crippen LogP contribution in [0.15, 0.2) is 48.5 Å². The third-order valence-corrected chi connectivity index (χ3v) is 6.38. The molecule has 0 aliphatic heterocycles. The zero-order chi connectivity index (χ0) is 23.3. The number of unbranched alkanes of at least 4 members (excludes halogenated alkanes) is 9. The van der Waals surface area contributed by atoms with Gasteiger partial charge in [-0.2, -0.15) is 0 Å². The van der Waals surface area contributed by atoms with Crippen molar-refractivity contribution in [3.05, 3.63) is 65.5 Å². The molecule has 0 atom stereocenters. The average molecular weight is 448 g/mol. The Morgan fingerprint density at radius 1 is 0.879 bits per heavy atom. The highest BCUT2D eigenvalue weighted by Gasteiger charge is 2.11. The predicted molar refractivity (Wildman–Crippen MR) is 139 cm³/mol. The van der Waals surface area contributed by atoms with E-state index in [4.69, 9.17) is 4.98 Å². The molecule has 33 heavy (non-hydrogen) atoms. The number of fused-ring (bicyclic) bond motifs is 1. The van der Waals surface area contributed by atoms with Crippen LogP contribution in [0, 0.1) is 6.92 Å². The van der Waals surface area contributed by atoms with E-state index in [-0.39, 0.29) is 5.91 Å². The lowest BCUT2D eigenvalue weighted by atomic mass is 10.1. The standard InChI is InChI=1S/C29H41N3O/c1-3-4-5-6-7-8-9-10-11-14-22-32-27-19-13-12-18-26(27)31-28(32)20-21-30-29(33)25-17-15-16-24(2)23-25/h12-13,15-19,23H,3-11,14,20-22H2,1-2H3,(H,30,33). The van der Waals surface area contributed by atoms with Crippen molar-refractivity contribution in [1.82, 2.24) is 14.9 Å². The lowest BCUT2D eigenvalue weighted by Crippen LogP contribution is -2.26. The third kappa shape index (κ3) is 8.03. The van der Waals surface area contributed by atoms with Gasteiger partial charge in [0.25, 0.3) is 5.91 Å². The highest BCUT2D eigenvalue weighted by Crippen LogP contribution is 2.18. The van der Waals surface area contributed by atoms with Crippen LogP contribution in [0.3, 0.4) is 0 Å². The largest absolute Gasteiger partial charge is 0.352 e. The third-order valence-electron chi connectivity index (χ3n) is 6.38. The number of imidazole rings is 1. The monoisotopic (exact) mass is 447 g/mol. The first-order valence-corrected chi connectivity index (χ1v) is 13.0. The van der Waals surface area contributed by atoms with Gasteiger partial charge >= 0.3 is 0 Å². The molecule has 1 amide bonds. The number of para-hydroxylation sites is 2. The molecule has 0 aliphatic carbocycles. The Labute approximate surface area is 199 Å². The topological polar surface area (TPSA) is 46.9 Å². The fraction of sp³-hybridized carbons (Fsp3) is 0.517. The number of rotatable bonds is 15. The van der Waals surface area contributed by atoms with Gasteiger partial charge in [-0.05, 0) is 37.6 Å². The minimum Gasteiger partial charge on any atom is -0.352 e. The second-order valence-electron chi connectivity index (χ2n) is 9.23. The number of hydrogen-bond donors (Lipinski definition) is 1. The Bertz CT molecular complexity index is 991. The molecule has 3 rings (SSSR count). The van der Waals surface area contributed by atoms with E-state index in [1.54, 1.807) is 0 Å². The van der Waals surface area contributed by atoms with E-state index < -0.39 is 0 Å². The number of carbonyl (C=O) groups is 1. The molecule has 4 heteroatoms. The average Bonchev–Trinajstić information content (AvgIpc) is 3.17. The maximum Gasteiger partial charge on any atom is 0.251 e. The van der Waals surface area contributed by atoms with E-state index in [0.29, 0.717) is 12.1 Å². The van der Waals surface area contributed by atoms with E-state index in [2.05, 4.69) is 35.0 Å². The van der Waals surface area contributed by atoms with Crippen LogP contribution in [0.5, 0.6) is 0 Å². The van der Waals surface area contributed by atoms with Gasteiger partial charge in [0.15, 0.2) is 0 Å². The van der Waals surface area contributed by atoms with Gasteiger partial charge in [0.1, 0.15) is 5.82 Å². The molecule has 1 heterocycles. The molecule has 0 radical (unpaired) electrons. The van der Waals surface area contributed by atoms with Crippen molar-refractivity contribution in [1.29, 1.82) is 0 Å². The molecule has 0 unspecified atom stereocenters. The van der Waals surface area contributed by atoms with Gasteiger partial charge in [-0.1, -0.05) is 94.5 Å². The van der Waals surface area contributed by atoms with Crippen LogP contribution in [0.2, 0.25) is 0 Å². The highest BCUT2D eigenvalue weighted by atomic mass is 16.1. The molecule has 3 aromatic rings. The fourth-order valence-electron chi connectivity index (χ4n) is 4.50. The molecule has 0 saturated carbocycles. The van der Waals surface area contributed by atoms with Crippen LogP contribution in [0.1, 0.15) is 92.9 Å². The number of nitrogens with zero attached hydrogens (tertiary/aromatic N) is 2. The van der Waals surface area contributed by atoms with E-state index in [9.17, 15) is 4.79 Å². The summed E-state index contributed by atoms with van der Waals surface area (Å²) in [5.74, 6) is 1.05. The molecule has 178 valence electrons. The highest BCUT2D eigenvalue weighted by molar-refractivity contribution is 5.94. The van der Waals surface area contributed by atoms with Gasteiger partial charge in [-0.3, -0.25) is 4.79 Å². The summed E-state index contributed by atoms with van der Waals surface area (Å²) in [6.07, 6.45) is 14.1. The van der Waals surface area contributed by atoms with Gasteiger partial charge in [-0.25, -0.2) is 4.98 Å². The summed E-state index contributed by atoms with van der Waals surface area (Å²) in [7, 11) is 0. The molecule has 1 N–H and O–H groups in total. The van der Waals surface area contributed by atoms with Crippen molar-refractivity contribution in [2.75, 3.05) is 6.54 Å². The van der Waals surface area contributed by atoms with Crippen molar-refractivity contribution in [2.45, 2.75) is 91.0 Å². The Kier molecular flexibility index (Phi) is 10.5. The van der Waals surface area contributed by atoms with Crippen molar-refractivity contribution < 1.29 is 4.79 Å². The van der Waals surface area contributed by atoms with Crippen molar-refractivity contribution in [2.24, 2.45) is 0 Å². The van der Waals surface area contributed by atoms with Crippen LogP contribution >= 0.6 is 0 Å². The van der Waals surface area contributed by atoms with Gasteiger partial charge in [0, 0.05) is 25.1 Å². The Balaban J connectivity index is 1.46. The molecule has 0 spiro atoms. The second-order valence-corrected chi connectivity index (χ2v) is 9.23. The zero-order valence-electron chi connectivity index (χ0n) is 20.6. The lowest BCUT2D eigenvalue weighted by Gasteiger charge is -2.10. The number of aryl methyl sites for hydroxylation is 2. The molecule has 4 nitrogen and oxygen atoms in total. The van der Waals surface area contributed by atoms with Gasteiger partial charge in [0.05, 0.1) is 11.0 Å². The van der Waals surface area contributed by atoms with E-state index in [0.717, 1.165) is 29.9 Å². The molecule has 1 aromatic heterocycles. The minimum atomic E-state index is -0.0175. The summed E-state index contributed by atoms with van der Waals surface area (Å²) in [5, 5.41) is 3.06. The van der Waals surface area contributed by atoms with Gasteiger partial charge in [-0.15, -0.1) is 0 Å². The first kappa shape index (κ1) is 25.0. The van der Waals surface area contributed by atoms with Gasteiger partial charge < -0.3 is 9.88 Å². The number of nitrogens with one attached hydrogen (secondary N) is 1. The van der Waals surface area contributed by atoms with Crippen LogP contribution in [-0.2, 0) is 13.0 Å². The molecule has 0 bridgehead atoms. The molecule has 0 aliphatic rings. The Morgan fingerprint density at radius 2 is 1.58 bits per heavy atom. The first-order chi connectivity index (χ1) is 16.2. The number of hydrogen-bond acceptors (Lipinski definition) is 2. The van der Waals surface area contributed by atoms with Crippen molar-refractivity contribution >= 4 is 16.9 Å². The summed E-state index contributed by atoms with van der Waals surface area (Å²) in [4.78, 5) is 17.3. The summed E-state index contributed by atoms with van der Waals surface area (Å²) in [5.41, 5.74) is 4.06. The molecule has 0 saturated heterocycles. The molecular weight excluding hydrogens is 406 g/mol. The SMILES string of the molecule is CCCCCCCCCCCCn1c(CCNC(=O)c2cccc(C)c2)nc2ccccc21. The van der Waals surface area contributed by atoms with Crippen LogP contribution in [0.4, 0.5) is 0 Å².